The van der Waals surface area contributed by atoms with Crippen molar-refractivity contribution in [3.05, 3.63) is 39.9 Å². The van der Waals surface area contributed by atoms with E-state index >= 15 is 0 Å². The van der Waals surface area contributed by atoms with Gasteiger partial charge in [-0.2, -0.15) is 0 Å². The molecule has 13 heavy (non-hydrogen) atoms. The van der Waals surface area contributed by atoms with Gasteiger partial charge in [-0.15, -0.1) is 0 Å². The Morgan fingerprint density at radius 3 is 2.38 bits per heavy atom. The number of hydrogen-bond acceptors (Lipinski definition) is 1. The van der Waals surface area contributed by atoms with E-state index in [0.717, 1.165) is 4.47 Å². The van der Waals surface area contributed by atoms with Crippen molar-refractivity contribution < 1.29 is 0 Å². The fourth-order valence-electron chi connectivity index (χ4n) is 0.953. The topological polar surface area (TPSA) is 26.0 Å². The standard InChI is InChI=1S/C11H14BrN/c1-8(9(2)13)7-10-3-5-11(12)6-4-10/h3-7,9H,13H2,1-2H3/b8-7+. The van der Waals surface area contributed by atoms with Crippen LogP contribution in [0, 0.1) is 0 Å². The van der Waals surface area contributed by atoms with Gasteiger partial charge in [0.05, 0.1) is 0 Å². The van der Waals surface area contributed by atoms with E-state index in [0.29, 0.717) is 0 Å². The fraction of sp³-hybridized carbons (Fsp3) is 0.273. The maximum Gasteiger partial charge on any atom is 0.0225 e. The van der Waals surface area contributed by atoms with Crippen molar-refractivity contribution in [2.45, 2.75) is 19.9 Å². The highest BCUT2D eigenvalue weighted by Gasteiger charge is 1.96. The summed E-state index contributed by atoms with van der Waals surface area (Å²) in [6.07, 6.45) is 2.11. The Bertz CT molecular complexity index is 298. The minimum Gasteiger partial charge on any atom is -0.324 e. The molecule has 1 rings (SSSR count). The minimum absolute atomic E-state index is 0.128. The second kappa shape index (κ2) is 4.58. The Hall–Kier alpha value is -0.600. The third-order valence-electron chi connectivity index (χ3n) is 1.98. The molecule has 0 aliphatic heterocycles. The molecule has 0 aliphatic rings. The van der Waals surface area contributed by atoms with Gasteiger partial charge in [-0.1, -0.05) is 39.7 Å². The molecule has 0 radical (unpaired) electrons. The van der Waals surface area contributed by atoms with E-state index in [1.165, 1.54) is 11.1 Å². The first-order valence-electron chi connectivity index (χ1n) is 4.29. The molecule has 1 aromatic carbocycles. The zero-order chi connectivity index (χ0) is 9.84. The highest BCUT2D eigenvalue weighted by molar-refractivity contribution is 9.10. The second-order valence-corrected chi connectivity index (χ2v) is 4.14. The average molecular weight is 240 g/mol. The van der Waals surface area contributed by atoms with Gasteiger partial charge in [0.15, 0.2) is 0 Å². The third-order valence-corrected chi connectivity index (χ3v) is 2.51. The molecule has 0 aromatic heterocycles. The van der Waals surface area contributed by atoms with Gasteiger partial charge in [0.2, 0.25) is 0 Å². The van der Waals surface area contributed by atoms with Crippen LogP contribution in [-0.2, 0) is 0 Å². The van der Waals surface area contributed by atoms with Crippen molar-refractivity contribution in [2.75, 3.05) is 0 Å². The molecule has 1 aromatic rings. The number of hydrogen-bond donors (Lipinski definition) is 1. The van der Waals surface area contributed by atoms with Crippen molar-refractivity contribution in [3.63, 3.8) is 0 Å². The fourth-order valence-corrected chi connectivity index (χ4v) is 1.22. The molecule has 0 spiro atoms. The van der Waals surface area contributed by atoms with Crippen molar-refractivity contribution >= 4 is 22.0 Å². The summed E-state index contributed by atoms with van der Waals surface area (Å²) in [5.74, 6) is 0. The van der Waals surface area contributed by atoms with Crippen LogP contribution >= 0.6 is 15.9 Å². The Kier molecular flexibility index (Phi) is 3.70. The number of halogens is 1. The number of rotatable bonds is 2. The van der Waals surface area contributed by atoms with Crippen molar-refractivity contribution in [3.8, 4) is 0 Å². The summed E-state index contributed by atoms with van der Waals surface area (Å²) >= 11 is 3.40. The number of benzene rings is 1. The maximum atomic E-state index is 5.74. The normalized spacial score (nSPS) is 14.3. The van der Waals surface area contributed by atoms with Gasteiger partial charge in [0.25, 0.3) is 0 Å². The first-order valence-corrected chi connectivity index (χ1v) is 5.08. The largest absolute Gasteiger partial charge is 0.324 e. The first kappa shape index (κ1) is 10.5. The van der Waals surface area contributed by atoms with E-state index in [1.807, 2.05) is 26.0 Å². The first-order chi connectivity index (χ1) is 6.09. The maximum absolute atomic E-state index is 5.74. The van der Waals surface area contributed by atoms with Gasteiger partial charge in [-0.05, 0) is 31.5 Å². The Balaban J connectivity index is 2.85. The third kappa shape index (κ3) is 3.33. The predicted molar refractivity (Wildman–Crippen MR) is 61.4 cm³/mol. The summed E-state index contributed by atoms with van der Waals surface area (Å²) in [4.78, 5) is 0. The molecule has 0 amide bonds. The highest BCUT2D eigenvalue weighted by Crippen LogP contribution is 2.13. The summed E-state index contributed by atoms with van der Waals surface area (Å²) in [7, 11) is 0. The summed E-state index contributed by atoms with van der Waals surface area (Å²) < 4.78 is 1.10. The smallest absolute Gasteiger partial charge is 0.0225 e. The van der Waals surface area contributed by atoms with E-state index in [4.69, 9.17) is 5.73 Å². The quantitative estimate of drug-likeness (QED) is 0.843. The molecular formula is C11H14BrN. The molecular weight excluding hydrogens is 226 g/mol. The molecule has 1 nitrogen and oxygen atoms in total. The summed E-state index contributed by atoms with van der Waals surface area (Å²) in [5, 5.41) is 0. The summed E-state index contributed by atoms with van der Waals surface area (Å²) in [5.41, 5.74) is 8.13. The average Bonchev–Trinajstić information content (AvgIpc) is 2.08. The van der Waals surface area contributed by atoms with Gasteiger partial charge < -0.3 is 5.73 Å². The van der Waals surface area contributed by atoms with Crippen molar-refractivity contribution in [1.29, 1.82) is 0 Å². The van der Waals surface area contributed by atoms with Gasteiger partial charge in [0, 0.05) is 10.5 Å². The zero-order valence-electron chi connectivity index (χ0n) is 7.92. The van der Waals surface area contributed by atoms with Crippen LogP contribution < -0.4 is 5.73 Å². The lowest BCUT2D eigenvalue weighted by Crippen LogP contribution is -2.15. The summed E-state index contributed by atoms with van der Waals surface area (Å²) in [6, 6.07) is 8.32. The Morgan fingerprint density at radius 1 is 1.38 bits per heavy atom. The molecule has 0 aliphatic carbocycles. The van der Waals surface area contributed by atoms with Crippen LogP contribution in [0.15, 0.2) is 34.3 Å². The molecule has 0 saturated carbocycles. The minimum atomic E-state index is 0.128. The molecule has 1 unspecified atom stereocenters. The second-order valence-electron chi connectivity index (χ2n) is 3.23. The molecule has 1 atom stereocenters. The van der Waals surface area contributed by atoms with Crippen molar-refractivity contribution in [2.24, 2.45) is 5.73 Å². The number of nitrogens with two attached hydrogens (primary N) is 1. The van der Waals surface area contributed by atoms with Crippen LogP contribution in [0.2, 0.25) is 0 Å². The van der Waals surface area contributed by atoms with E-state index in [9.17, 15) is 0 Å². The molecule has 0 fully saturated rings. The van der Waals surface area contributed by atoms with E-state index in [-0.39, 0.29) is 6.04 Å². The van der Waals surface area contributed by atoms with E-state index in [2.05, 4.69) is 34.1 Å². The SMILES string of the molecule is C/C(=C\c1ccc(Br)cc1)C(C)N. The Morgan fingerprint density at radius 2 is 1.92 bits per heavy atom. The van der Waals surface area contributed by atoms with Gasteiger partial charge in [0.1, 0.15) is 0 Å². The van der Waals surface area contributed by atoms with Crippen molar-refractivity contribution in [1.82, 2.24) is 0 Å². The summed E-state index contributed by atoms with van der Waals surface area (Å²) in [6.45, 7) is 4.04. The van der Waals surface area contributed by atoms with Crippen LogP contribution in [0.3, 0.4) is 0 Å². The molecule has 2 N–H and O–H groups in total. The van der Waals surface area contributed by atoms with E-state index < -0.39 is 0 Å². The lowest BCUT2D eigenvalue weighted by atomic mass is 10.1. The van der Waals surface area contributed by atoms with Crippen LogP contribution in [0.5, 0.6) is 0 Å². The molecule has 70 valence electrons. The molecule has 0 bridgehead atoms. The van der Waals surface area contributed by atoms with Gasteiger partial charge in [-0.25, -0.2) is 0 Å². The Labute approximate surface area is 87.8 Å². The van der Waals surface area contributed by atoms with Gasteiger partial charge in [-0.3, -0.25) is 0 Å². The van der Waals surface area contributed by atoms with Gasteiger partial charge >= 0.3 is 0 Å². The zero-order valence-corrected chi connectivity index (χ0v) is 9.51. The molecule has 0 heterocycles. The van der Waals surface area contributed by atoms with E-state index in [1.54, 1.807) is 0 Å². The lowest BCUT2D eigenvalue weighted by molar-refractivity contribution is 0.868. The highest BCUT2D eigenvalue weighted by atomic mass is 79.9. The molecule has 0 saturated heterocycles. The van der Waals surface area contributed by atoms with Crippen LogP contribution in [0.4, 0.5) is 0 Å². The van der Waals surface area contributed by atoms with Crippen LogP contribution in [-0.4, -0.2) is 6.04 Å². The molecule has 2 heteroatoms. The van der Waals surface area contributed by atoms with Crippen LogP contribution in [0.1, 0.15) is 19.4 Å². The predicted octanol–water partition coefficient (Wildman–Crippen LogP) is 3.20. The lowest BCUT2D eigenvalue weighted by Gasteiger charge is -2.04. The van der Waals surface area contributed by atoms with Crippen LogP contribution in [0.25, 0.3) is 6.08 Å². The monoisotopic (exact) mass is 239 g/mol.